The molecule has 0 N–H and O–H groups in total. The van der Waals surface area contributed by atoms with Crippen LogP contribution < -0.4 is 0 Å². The zero-order valence-electron chi connectivity index (χ0n) is 12.2. The molecular weight excluding hydrogens is 271 g/mol. The van der Waals surface area contributed by atoms with Crippen LogP contribution in [0.15, 0.2) is 0 Å². The standard InChI is InChI=1S/C14H22F3NO2/c1-9-8-11(20-12(19)14(15,16)17)10-6-4-5-7-13(10,2)18(9)3/h9-11H,4-8H2,1-3H3. The summed E-state index contributed by atoms with van der Waals surface area (Å²) < 4.78 is 42.1. The Morgan fingerprint density at radius 1 is 1.35 bits per heavy atom. The summed E-state index contributed by atoms with van der Waals surface area (Å²) in [5, 5.41) is 0. The van der Waals surface area contributed by atoms with Gasteiger partial charge in [-0.2, -0.15) is 13.2 Å². The van der Waals surface area contributed by atoms with E-state index in [9.17, 15) is 18.0 Å². The molecule has 4 atom stereocenters. The second-order valence-corrected chi connectivity index (χ2v) is 6.35. The summed E-state index contributed by atoms with van der Waals surface area (Å²) in [4.78, 5) is 13.4. The minimum Gasteiger partial charge on any atom is -0.455 e. The molecule has 0 radical (unpaired) electrons. The summed E-state index contributed by atoms with van der Waals surface area (Å²) in [7, 11) is 2.02. The van der Waals surface area contributed by atoms with Gasteiger partial charge in [-0.1, -0.05) is 12.8 Å². The van der Waals surface area contributed by atoms with Crippen LogP contribution in [-0.4, -0.2) is 41.8 Å². The molecule has 0 aromatic rings. The highest BCUT2D eigenvalue weighted by atomic mass is 19.4. The number of fused-ring (bicyclic) bond motifs is 1. The highest BCUT2D eigenvalue weighted by molar-refractivity contribution is 5.75. The van der Waals surface area contributed by atoms with Gasteiger partial charge in [0.15, 0.2) is 0 Å². The third-order valence-electron chi connectivity index (χ3n) is 5.23. The molecule has 20 heavy (non-hydrogen) atoms. The number of carbonyl (C=O) groups excluding carboxylic acids is 1. The van der Waals surface area contributed by atoms with Crippen molar-refractivity contribution in [2.24, 2.45) is 5.92 Å². The van der Waals surface area contributed by atoms with Gasteiger partial charge in [0.25, 0.3) is 0 Å². The van der Waals surface area contributed by atoms with Crippen molar-refractivity contribution >= 4 is 5.97 Å². The van der Waals surface area contributed by atoms with Crippen molar-refractivity contribution in [2.45, 2.75) is 69.8 Å². The van der Waals surface area contributed by atoms with Crippen molar-refractivity contribution in [3.05, 3.63) is 0 Å². The molecule has 1 heterocycles. The second-order valence-electron chi connectivity index (χ2n) is 6.35. The highest BCUT2D eigenvalue weighted by Crippen LogP contribution is 2.46. The van der Waals surface area contributed by atoms with Crippen LogP contribution >= 0.6 is 0 Å². The number of hydrogen-bond donors (Lipinski definition) is 0. The minimum absolute atomic E-state index is 0.0104. The molecule has 0 aromatic heterocycles. The van der Waals surface area contributed by atoms with Crippen LogP contribution in [-0.2, 0) is 9.53 Å². The maximum atomic E-state index is 12.4. The van der Waals surface area contributed by atoms with Crippen molar-refractivity contribution in [3.63, 3.8) is 0 Å². The van der Waals surface area contributed by atoms with Crippen LogP contribution in [0.2, 0.25) is 0 Å². The van der Waals surface area contributed by atoms with E-state index in [2.05, 4.69) is 11.8 Å². The number of esters is 1. The second kappa shape index (κ2) is 5.20. The van der Waals surface area contributed by atoms with Crippen molar-refractivity contribution in [2.75, 3.05) is 7.05 Å². The molecule has 2 aliphatic rings. The van der Waals surface area contributed by atoms with Crippen molar-refractivity contribution < 1.29 is 22.7 Å². The molecule has 2 rings (SSSR count). The van der Waals surface area contributed by atoms with Gasteiger partial charge in [0.1, 0.15) is 6.10 Å². The van der Waals surface area contributed by atoms with Crippen molar-refractivity contribution in [1.29, 1.82) is 0 Å². The molecule has 4 unspecified atom stereocenters. The van der Waals surface area contributed by atoms with Gasteiger partial charge in [-0.3, -0.25) is 4.90 Å². The average Bonchev–Trinajstić information content (AvgIpc) is 2.35. The topological polar surface area (TPSA) is 29.5 Å². The number of carbonyl (C=O) groups is 1. The molecule has 6 heteroatoms. The zero-order chi connectivity index (χ0) is 15.1. The number of rotatable bonds is 1. The van der Waals surface area contributed by atoms with E-state index in [0.717, 1.165) is 25.7 Å². The van der Waals surface area contributed by atoms with E-state index >= 15 is 0 Å². The van der Waals surface area contributed by atoms with Gasteiger partial charge in [0.05, 0.1) is 0 Å². The zero-order valence-corrected chi connectivity index (χ0v) is 12.2. The fourth-order valence-electron chi connectivity index (χ4n) is 3.86. The van der Waals surface area contributed by atoms with E-state index in [-0.39, 0.29) is 17.5 Å². The summed E-state index contributed by atoms with van der Waals surface area (Å²) >= 11 is 0. The quantitative estimate of drug-likeness (QED) is 0.696. The number of halogens is 3. The molecule has 2 fully saturated rings. The van der Waals surface area contributed by atoms with Crippen LogP contribution in [0.5, 0.6) is 0 Å². The fraction of sp³-hybridized carbons (Fsp3) is 0.929. The summed E-state index contributed by atoms with van der Waals surface area (Å²) in [5.74, 6) is -2.06. The molecule has 0 bridgehead atoms. The Morgan fingerprint density at radius 2 is 2.00 bits per heavy atom. The number of alkyl halides is 3. The number of hydrogen-bond acceptors (Lipinski definition) is 3. The number of likely N-dealkylation sites (tertiary alicyclic amines) is 1. The molecule has 1 saturated heterocycles. The molecule has 116 valence electrons. The first-order valence-corrected chi connectivity index (χ1v) is 7.17. The van der Waals surface area contributed by atoms with Crippen LogP contribution in [0.4, 0.5) is 13.2 Å². The molecule has 1 aliphatic carbocycles. The van der Waals surface area contributed by atoms with Gasteiger partial charge in [0, 0.05) is 23.9 Å². The van der Waals surface area contributed by atoms with Gasteiger partial charge in [0.2, 0.25) is 0 Å². The number of ether oxygens (including phenoxy) is 1. The summed E-state index contributed by atoms with van der Waals surface area (Å²) in [6.07, 6.45) is -1.23. The van der Waals surface area contributed by atoms with Gasteiger partial charge >= 0.3 is 12.1 Å². The van der Waals surface area contributed by atoms with Crippen LogP contribution in [0.25, 0.3) is 0 Å². The van der Waals surface area contributed by atoms with E-state index in [1.807, 2.05) is 14.0 Å². The third-order valence-corrected chi connectivity index (χ3v) is 5.23. The van der Waals surface area contributed by atoms with E-state index in [1.165, 1.54) is 0 Å². The fourth-order valence-corrected chi connectivity index (χ4v) is 3.86. The van der Waals surface area contributed by atoms with E-state index in [1.54, 1.807) is 0 Å². The largest absolute Gasteiger partial charge is 0.490 e. The van der Waals surface area contributed by atoms with Gasteiger partial charge < -0.3 is 4.74 Å². The molecule has 0 spiro atoms. The van der Waals surface area contributed by atoms with Crippen LogP contribution in [0.3, 0.4) is 0 Å². The Morgan fingerprint density at radius 3 is 2.60 bits per heavy atom. The van der Waals surface area contributed by atoms with Gasteiger partial charge in [-0.25, -0.2) is 4.79 Å². The Bertz CT molecular complexity index is 385. The molecule has 3 nitrogen and oxygen atoms in total. The predicted octanol–water partition coefficient (Wildman–Crippen LogP) is 3.13. The summed E-state index contributed by atoms with van der Waals surface area (Å²) in [6.45, 7) is 4.06. The molecular formula is C14H22F3NO2. The van der Waals surface area contributed by atoms with Crippen LogP contribution in [0.1, 0.15) is 46.0 Å². The smallest absolute Gasteiger partial charge is 0.455 e. The molecule has 0 aromatic carbocycles. The molecule has 1 aliphatic heterocycles. The maximum Gasteiger partial charge on any atom is 0.490 e. The molecule has 1 saturated carbocycles. The summed E-state index contributed by atoms with van der Waals surface area (Å²) in [5.41, 5.74) is -0.174. The Kier molecular flexibility index (Phi) is 4.06. The minimum atomic E-state index is -4.91. The summed E-state index contributed by atoms with van der Waals surface area (Å²) in [6, 6.07) is 0.111. The van der Waals surface area contributed by atoms with E-state index in [4.69, 9.17) is 4.74 Å². The van der Waals surface area contributed by atoms with E-state index in [0.29, 0.717) is 6.42 Å². The molecule has 0 amide bonds. The first kappa shape index (κ1) is 15.6. The van der Waals surface area contributed by atoms with Gasteiger partial charge in [-0.05, 0) is 33.7 Å². The number of piperidine rings is 1. The SMILES string of the molecule is CC1CC(OC(=O)C(F)(F)F)C2CCCCC2(C)N1C. The highest BCUT2D eigenvalue weighted by Gasteiger charge is 2.52. The van der Waals surface area contributed by atoms with E-state index < -0.39 is 18.2 Å². The average molecular weight is 293 g/mol. The first-order chi connectivity index (χ1) is 9.16. The lowest BCUT2D eigenvalue weighted by Crippen LogP contribution is -2.63. The Hall–Kier alpha value is -0.780. The predicted molar refractivity (Wildman–Crippen MR) is 68.1 cm³/mol. The monoisotopic (exact) mass is 293 g/mol. The van der Waals surface area contributed by atoms with Crippen molar-refractivity contribution in [3.8, 4) is 0 Å². The lowest BCUT2D eigenvalue weighted by Gasteiger charge is -2.56. The maximum absolute atomic E-state index is 12.4. The normalized spacial score (nSPS) is 39.2. The van der Waals surface area contributed by atoms with Crippen LogP contribution in [0, 0.1) is 5.92 Å². The Balaban J connectivity index is 2.18. The first-order valence-electron chi connectivity index (χ1n) is 7.17. The third kappa shape index (κ3) is 2.67. The lowest BCUT2D eigenvalue weighted by molar-refractivity contribution is -0.216. The lowest BCUT2D eigenvalue weighted by atomic mass is 9.66. The Labute approximate surface area is 117 Å². The van der Waals surface area contributed by atoms with Gasteiger partial charge in [-0.15, -0.1) is 0 Å². The number of nitrogens with zero attached hydrogens (tertiary/aromatic N) is 1. The van der Waals surface area contributed by atoms with Crippen molar-refractivity contribution in [1.82, 2.24) is 4.90 Å².